The summed E-state index contributed by atoms with van der Waals surface area (Å²) in [6.07, 6.45) is 9.83. The molecule has 0 heterocycles. The van der Waals surface area contributed by atoms with Gasteiger partial charge < -0.3 is 10.3 Å². The second-order valence-corrected chi connectivity index (χ2v) is 6.61. The van der Waals surface area contributed by atoms with Gasteiger partial charge in [0.05, 0.1) is 11.8 Å². The Labute approximate surface area is 141 Å². The minimum atomic E-state index is -0.260. The van der Waals surface area contributed by atoms with Gasteiger partial charge in [0.15, 0.2) is 0 Å². The molecule has 2 atom stereocenters. The molecule has 0 aromatic heterocycles. The summed E-state index contributed by atoms with van der Waals surface area (Å²) >= 11 is 0. The van der Waals surface area contributed by atoms with Crippen LogP contribution in [0.25, 0.3) is 0 Å². The molecule has 3 nitrogen and oxygen atoms in total. The SMILES string of the molecule is CCCCCCCC(CCC(C)O)CC(=NO)c1ccccc1. The van der Waals surface area contributed by atoms with Gasteiger partial charge in [-0.3, -0.25) is 0 Å². The molecule has 0 aliphatic rings. The second kappa shape index (κ2) is 12.1. The summed E-state index contributed by atoms with van der Waals surface area (Å²) in [5, 5.41) is 22.5. The van der Waals surface area contributed by atoms with Crippen molar-refractivity contribution in [2.45, 2.75) is 77.7 Å². The molecule has 1 rings (SSSR count). The van der Waals surface area contributed by atoms with Crippen molar-refractivity contribution in [3.8, 4) is 0 Å². The molecular weight excluding hydrogens is 286 g/mol. The molecular formula is C20H33NO2. The molecule has 0 fully saturated rings. The summed E-state index contributed by atoms with van der Waals surface area (Å²) in [4.78, 5) is 0. The highest BCUT2D eigenvalue weighted by Crippen LogP contribution is 2.23. The summed E-state index contributed by atoms with van der Waals surface area (Å²) in [5.74, 6) is 0.470. The first-order valence-corrected chi connectivity index (χ1v) is 9.11. The molecule has 23 heavy (non-hydrogen) atoms. The third-order valence-electron chi connectivity index (χ3n) is 4.42. The highest BCUT2D eigenvalue weighted by atomic mass is 16.4. The van der Waals surface area contributed by atoms with Crippen LogP contribution in [0.4, 0.5) is 0 Å². The van der Waals surface area contributed by atoms with Crippen LogP contribution in [0, 0.1) is 5.92 Å². The Kier molecular flexibility index (Phi) is 10.4. The first-order chi connectivity index (χ1) is 11.2. The molecule has 1 aromatic rings. The average molecular weight is 319 g/mol. The lowest BCUT2D eigenvalue weighted by Gasteiger charge is -2.18. The minimum Gasteiger partial charge on any atom is -0.411 e. The largest absolute Gasteiger partial charge is 0.411 e. The van der Waals surface area contributed by atoms with E-state index in [9.17, 15) is 10.3 Å². The molecule has 0 aliphatic carbocycles. The number of rotatable bonds is 12. The Morgan fingerprint density at radius 2 is 1.70 bits per heavy atom. The van der Waals surface area contributed by atoms with Crippen molar-refractivity contribution < 1.29 is 10.3 Å². The molecule has 0 aliphatic heterocycles. The van der Waals surface area contributed by atoms with Crippen molar-refractivity contribution in [1.29, 1.82) is 0 Å². The van der Waals surface area contributed by atoms with Gasteiger partial charge in [-0.1, -0.05) is 80.9 Å². The fourth-order valence-corrected chi connectivity index (χ4v) is 2.98. The zero-order valence-corrected chi connectivity index (χ0v) is 14.7. The Morgan fingerprint density at radius 3 is 2.30 bits per heavy atom. The molecule has 1 aromatic carbocycles. The molecule has 0 bridgehead atoms. The van der Waals surface area contributed by atoms with Crippen LogP contribution in [0.2, 0.25) is 0 Å². The van der Waals surface area contributed by atoms with Gasteiger partial charge in [-0.2, -0.15) is 0 Å². The van der Waals surface area contributed by atoms with E-state index in [1.807, 2.05) is 37.3 Å². The molecule has 0 radical (unpaired) electrons. The lowest BCUT2D eigenvalue weighted by Crippen LogP contribution is -2.13. The molecule has 0 spiro atoms. The number of hydrogen-bond acceptors (Lipinski definition) is 3. The summed E-state index contributed by atoms with van der Waals surface area (Å²) < 4.78 is 0. The molecule has 2 N–H and O–H groups in total. The van der Waals surface area contributed by atoms with Crippen LogP contribution in [-0.4, -0.2) is 22.1 Å². The van der Waals surface area contributed by atoms with E-state index in [4.69, 9.17) is 0 Å². The Balaban J connectivity index is 2.56. The van der Waals surface area contributed by atoms with Crippen LogP contribution in [0.15, 0.2) is 35.5 Å². The van der Waals surface area contributed by atoms with E-state index in [1.54, 1.807) is 0 Å². The van der Waals surface area contributed by atoms with E-state index < -0.39 is 0 Å². The van der Waals surface area contributed by atoms with Crippen molar-refractivity contribution in [3.63, 3.8) is 0 Å². The zero-order valence-electron chi connectivity index (χ0n) is 14.7. The number of hydrogen-bond donors (Lipinski definition) is 2. The summed E-state index contributed by atoms with van der Waals surface area (Å²) in [6, 6.07) is 9.88. The third kappa shape index (κ3) is 8.75. The average Bonchev–Trinajstić information content (AvgIpc) is 2.57. The predicted octanol–water partition coefficient (Wildman–Crippen LogP) is 5.39. The van der Waals surface area contributed by atoms with Gasteiger partial charge in [-0.05, 0) is 37.7 Å². The van der Waals surface area contributed by atoms with Gasteiger partial charge >= 0.3 is 0 Å². The highest BCUT2D eigenvalue weighted by Gasteiger charge is 2.15. The molecule has 130 valence electrons. The van der Waals surface area contributed by atoms with Crippen LogP contribution in [-0.2, 0) is 0 Å². The van der Waals surface area contributed by atoms with Gasteiger partial charge in [0.2, 0.25) is 0 Å². The number of nitrogens with zero attached hydrogens (tertiary/aromatic N) is 1. The van der Waals surface area contributed by atoms with Crippen LogP contribution in [0.1, 0.15) is 77.2 Å². The van der Waals surface area contributed by atoms with Crippen molar-refractivity contribution >= 4 is 5.71 Å². The van der Waals surface area contributed by atoms with E-state index in [-0.39, 0.29) is 6.10 Å². The topological polar surface area (TPSA) is 52.8 Å². The standard InChI is InChI=1S/C20H33NO2/c1-3-4-5-6-8-11-18(15-14-17(2)22)16-20(21-23)19-12-9-7-10-13-19/h7,9-10,12-13,17-18,22-23H,3-6,8,11,14-16H2,1-2H3. The van der Waals surface area contributed by atoms with Gasteiger partial charge in [-0.25, -0.2) is 0 Å². The zero-order chi connectivity index (χ0) is 16.9. The Bertz CT molecular complexity index is 429. The molecule has 0 saturated heterocycles. The molecule has 0 amide bonds. The molecule has 2 unspecified atom stereocenters. The summed E-state index contributed by atoms with van der Waals surface area (Å²) in [5.41, 5.74) is 1.75. The van der Waals surface area contributed by atoms with Gasteiger partial charge in [-0.15, -0.1) is 0 Å². The first-order valence-electron chi connectivity index (χ1n) is 9.11. The lowest BCUT2D eigenvalue weighted by molar-refractivity contribution is 0.172. The van der Waals surface area contributed by atoms with E-state index in [1.165, 1.54) is 32.1 Å². The first kappa shape index (κ1) is 19.7. The Hall–Kier alpha value is -1.35. The maximum Gasteiger partial charge on any atom is 0.0870 e. The van der Waals surface area contributed by atoms with Crippen molar-refractivity contribution in [2.24, 2.45) is 11.1 Å². The molecule has 3 heteroatoms. The summed E-state index contributed by atoms with van der Waals surface area (Å²) in [7, 11) is 0. The minimum absolute atomic E-state index is 0.260. The van der Waals surface area contributed by atoms with Crippen LogP contribution in [0.3, 0.4) is 0 Å². The maximum atomic E-state index is 9.57. The van der Waals surface area contributed by atoms with E-state index in [0.29, 0.717) is 5.92 Å². The number of oxime groups is 1. The third-order valence-corrected chi connectivity index (χ3v) is 4.42. The van der Waals surface area contributed by atoms with Crippen molar-refractivity contribution in [3.05, 3.63) is 35.9 Å². The fourth-order valence-electron chi connectivity index (χ4n) is 2.98. The number of benzene rings is 1. The van der Waals surface area contributed by atoms with Crippen LogP contribution >= 0.6 is 0 Å². The molecule has 0 saturated carbocycles. The monoisotopic (exact) mass is 319 g/mol. The Morgan fingerprint density at radius 1 is 1.00 bits per heavy atom. The smallest absolute Gasteiger partial charge is 0.0870 e. The van der Waals surface area contributed by atoms with E-state index in [0.717, 1.165) is 37.0 Å². The lowest BCUT2D eigenvalue weighted by atomic mass is 9.88. The van der Waals surface area contributed by atoms with E-state index >= 15 is 0 Å². The number of unbranched alkanes of at least 4 members (excludes halogenated alkanes) is 4. The van der Waals surface area contributed by atoms with Crippen LogP contribution in [0.5, 0.6) is 0 Å². The second-order valence-electron chi connectivity index (χ2n) is 6.61. The number of aliphatic hydroxyl groups is 1. The quantitative estimate of drug-likeness (QED) is 0.235. The normalized spacial score (nSPS) is 14.7. The van der Waals surface area contributed by atoms with Crippen molar-refractivity contribution in [2.75, 3.05) is 0 Å². The highest BCUT2D eigenvalue weighted by molar-refractivity contribution is 6.00. The van der Waals surface area contributed by atoms with Gasteiger partial charge in [0, 0.05) is 0 Å². The van der Waals surface area contributed by atoms with Gasteiger partial charge in [0.1, 0.15) is 0 Å². The van der Waals surface area contributed by atoms with Crippen molar-refractivity contribution in [1.82, 2.24) is 0 Å². The predicted molar refractivity (Wildman–Crippen MR) is 97.2 cm³/mol. The maximum absolute atomic E-state index is 9.57. The van der Waals surface area contributed by atoms with E-state index in [2.05, 4.69) is 12.1 Å². The van der Waals surface area contributed by atoms with Gasteiger partial charge in [0.25, 0.3) is 0 Å². The number of aliphatic hydroxyl groups excluding tert-OH is 1. The van der Waals surface area contributed by atoms with Crippen LogP contribution < -0.4 is 0 Å². The summed E-state index contributed by atoms with van der Waals surface area (Å²) in [6.45, 7) is 4.08. The fraction of sp³-hybridized carbons (Fsp3) is 0.650.